The maximum absolute atomic E-state index is 12.2. The first-order valence-electron chi connectivity index (χ1n) is 6.22. The van der Waals surface area contributed by atoms with Crippen molar-refractivity contribution >= 4 is 11.9 Å². The highest BCUT2D eigenvalue weighted by Gasteiger charge is 2.18. The second-order valence-electron chi connectivity index (χ2n) is 3.97. The molecule has 0 aliphatic heterocycles. The van der Waals surface area contributed by atoms with Gasteiger partial charge in [-0.05, 0) is 19.4 Å². The van der Waals surface area contributed by atoms with Crippen molar-refractivity contribution in [3.05, 3.63) is 34.2 Å². The lowest BCUT2D eigenvalue weighted by Gasteiger charge is -2.20. The quantitative estimate of drug-likeness (QED) is 0.772. The fourth-order valence-electron chi connectivity index (χ4n) is 1.64. The number of ether oxygens (including phenoxy) is 1. The number of aromatic amines is 1. The predicted molar refractivity (Wildman–Crippen MR) is 69.9 cm³/mol. The molecule has 0 aromatic carbocycles. The van der Waals surface area contributed by atoms with E-state index in [0.29, 0.717) is 13.0 Å². The number of hydrogen-bond acceptors (Lipinski definition) is 4. The van der Waals surface area contributed by atoms with Crippen LogP contribution in [-0.2, 0) is 9.53 Å². The number of esters is 1. The summed E-state index contributed by atoms with van der Waals surface area (Å²) in [6, 6.07) is 2.73. The average Bonchev–Trinajstić information content (AvgIpc) is 2.37. The molecule has 0 saturated heterocycles. The van der Waals surface area contributed by atoms with Gasteiger partial charge in [0.2, 0.25) is 5.56 Å². The number of pyridine rings is 1. The topological polar surface area (TPSA) is 79.5 Å². The number of amides is 1. The molecule has 104 valence electrons. The second-order valence-corrected chi connectivity index (χ2v) is 3.97. The third kappa shape index (κ3) is 4.57. The van der Waals surface area contributed by atoms with E-state index in [1.165, 1.54) is 23.2 Å². The highest BCUT2D eigenvalue weighted by atomic mass is 16.5. The van der Waals surface area contributed by atoms with Gasteiger partial charge in [-0.15, -0.1) is 0 Å². The van der Waals surface area contributed by atoms with Gasteiger partial charge in [-0.1, -0.05) is 6.92 Å². The Bertz CT molecular complexity index is 495. The summed E-state index contributed by atoms with van der Waals surface area (Å²) >= 11 is 0. The second kappa shape index (κ2) is 7.35. The molecule has 1 aromatic heterocycles. The van der Waals surface area contributed by atoms with Crippen molar-refractivity contribution < 1.29 is 14.3 Å². The summed E-state index contributed by atoms with van der Waals surface area (Å²) in [5.74, 6) is -0.796. The van der Waals surface area contributed by atoms with Crippen LogP contribution in [0.2, 0.25) is 0 Å². The van der Waals surface area contributed by atoms with E-state index in [9.17, 15) is 14.4 Å². The number of carbonyl (C=O) groups is 2. The molecule has 0 fully saturated rings. The maximum Gasteiger partial charge on any atom is 0.325 e. The van der Waals surface area contributed by atoms with E-state index < -0.39 is 5.97 Å². The van der Waals surface area contributed by atoms with Gasteiger partial charge in [0.05, 0.1) is 6.61 Å². The van der Waals surface area contributed by atoms with Crippen molar-refractivity contribution in [2.75, 3.05) is 19.7 Å². The highest BCUT2D eigenvalue weighted by Crippen LogP contribution is 2.03. The summed E-state index contributed by atoms with van der Waals surface area (Å²) in [5.41, 5.74) is -0.0834. The van der Waals surface area contributed by atoms with Crippen molar-refractivity contribution in [3.8, 4) is 0 Å². The molecule has 0 aliphatic rings. The van der Waals surface area contributed by atoms with Crippen molar-refractivity contribution in [3.63, 3.8) is 0 Å². The zero-order valence-electron chi connectivity index (χ0n) is 11.1. The standard InChI is InChI=1S/C13H18N2O4/c1-3-7-15(9-12(17)19-4-2)13(18)10-5-6-14-11(16)8-10/h5-6,8H,3-4,7,9H2,1-2H3,(H,14,16). The number of nitrogens with zero attached hydrogens (tertiary/aromatic N) is 1. The smallest absolute Gasteiger partial charge is 0.325 e. The Morgan fingerprint density at radius 1 is 1.37 bits per heavy atom. The van der Waals surface area contributed by atoms with Crippen LogP contribution >= 0.6 is 0 Å². The molecule has 1 rings (SSSR count). The first kappa shape index (κ1) is 14.9. The van der Waals surface area contributed by atoms with Crippen molar-refractivity contribution in [2.45, 2.75) is 20.3 Å². The van der Waals surface area contributed by atoms with Crippen LogP contribution in [0, 0.1) is 0 Å². The van der Waals surface area contributed by atoms with Gasteiger partial charge in [-0.3, -0.25) is 14.4 Å². The van der Waals surface area contributed by atoms with Crippen LogP contribution in [0.15, 0.2) is 23.1 Å². The molecule has 1 heterocycles. The molecule has 0 saturated carbocycles. The van der Waals surface area contributed by atoms with Gasteiger partial charge in [0.1, 0.15) is 6.54 Å². The van der Waals surface area contributed by atoms with E-state index in [4.69, 9.17) is 4.74 Å². The number of carbonyl (C=O) groups excluding carboxylic acids is 2. The summed E-state index contributed by atoms with van der Waals surface area (Å²) in [6.07, 6.45) is 2.12. The van der Waals surface area contributed by atoms with Crippen LogP contribution < -0.4 is 5.56 Å². The summed E-state index contributed by atoms with van der Waals surface area (Å²) in [4.78, 5) is 38.6. The van der Waals surface area contributed by atoms with Gasteiger partial charge in [0, 0.05) is 24.4 Å². The lowest BCUT2D eigenvalue weighted by atomic mass is 10.2. The van der Waals surface area contributed by atoms with Gasteiger partial charge >= 0.3 is 5.97 Å². The molecule has 1 amide bonds. The van der Waals surface area contributed by atoms with E-state index >= 15 is 0 Å². The summed E-state index contributed by atoms with van der Waals surface area (Å²) in [7, 11) is 0. The van der Waals surface area contributed by atoms with E-state index in [0.717, 1.165) is 0 Å². The van der Waals surface area contributed by atoms with Crippen LogP contribution in [0.4, 0.5) is 0 Å². The third-order valence-electron chi connectivity index (χ3n) is 2.43. The minimum Gasteiger partial charge on any atom is -0.465 e. The number of H-pyrrole nitrogens is 1. The van der Waals surface area contributed by atoms with Crippen molar-refractivity contribution in [1.29, 1.82) is 0 Å². The Morgan fingerprint density at radius 3 is 2.68 bits per heavy atom. The number of hydrogen-bond donors (Lipinski definition) is 1. The largest absolute Gasteiger partial charge is 0.465 e. The van der Waals surface area contributed by atoms with E-state index in [1.54, 1.807) is 6.92 Å². The van der Waals surface area contributed by atoms with Gasteiger partial charge in [0.15, 0.2) is 0 Å². The molecule has 6 nitrogen and oxygen atoms in total. The van der Waals surface area contributed by atoms with Crippen LogP contribution in [0.1, 0.15) is 30.6 Å². The summed E-state index contributed by atoms with van der Waals surface area (Å²) < 4.78 is 4.83. The molecule has 1 aromatic rings. The van der Waals surface area contributed by atoms with Gasteiger partial charge in [-0.2, -0.15) is 0 Å². The lowest BCUT2D eigenvalue weighted by molar-refractivity contribution is -0.143. The number of rotatable bonds is 6. The molecular weight excluding hydrogens is 248 g/mol. The Balaban J connectivity index is 2.83. The summed E-state index contributed by atoms with van der Waals surface area (Å²) in [5, 5.41) is 0. The summed E-state index contributed by atoms with van der Waals surface area (Å²) in [6.45, 7) is 4.22. The monoisotopic (exact) mass is 266 g/mol. The zero-order chi connectivity index (χ0) is 14.3. The minimum atomic E-state index is -0.450. The molecule has 0 spiro atoms. The maximum atomic E-state index is 12.2. The van der Waals surface area contributed by atoms with Crippen LogP contribution in [0.3, 0.4) is 0 Å². The van der Waals surface area contributed by atoms with Gasteiger partial charge < -0.3 is 14.6 Å². The molecule has 0 aliphatic carbocycles. The fraction of sp³-hybridized carbons (Fsp3) is 0.462. The van der Waals surface area contributed by atoms with Gasteiger partial charge in [0.25, 0.3) is 5.91 Å². The molecule has 0 bridgehead atoms. The molecule has 0 unspecified atom stereocenters. The third-order valence-corrected chi connectivity index (χ3v) is 2.43. The molecule has 6 heteroatoms. The Labute approximate surface area is 111 Å². The first-order chi connectivity index (χ1) is 9.08. The van der Waals surface area contributed by atoms with E-state index in [2.05, 4.69) is 4.98 Å². The fourth-order valence-corrected chi connectivity index (χ4v) is 1.64. The van der Waals surface area contributed by atoms with Crippen molar-refractivity contribution in [2.24, 2.45) is 0 Å². The minimum absolute atomic E-state index is 0.104. The van der Waals surface area contributed by atoms with Crippen LogP contribution in [-0.4, -0.2) is 41.5 Å². The zero-order valence-corrected chi connectivity index (χ0v) is 11.1. The molecule has 1 N–H and O–H groups in total. The molecular formula is C13H18N2O4. The number of aromatic nitrogens is 1. The normalized spacial score (nSPS) is 10.0. The molecule has 0 atom stereocenters. The number of nitrogens with one attached hydrogen (secondary N) is 1. The highest BCUT2D eigenvalue weighted by molar-refractivity contribution is 5.95. The van der Waals surface area contributed by atoms with E-state index in [-0.39, 0.29) is 30.2 Å². The van der Waals surface area contributed by atoms with E-state index in [1.807, 2.05) is 6.92 Å². The van der Waals surface area contributed by atoms with Crippen LogP contribution in [0.25, 0.3) is 0 Å². The molecule has 19 heavy (non-hydrogen) atoms. The van der Waals surface area contributed by atoms with Crippen LogP contribution in [0.5, 0.6) is 0 Å². The first-order valence-corrected chi connectivity index (χ1v) is 6.22. The average molecular weight is 266 g/mol. The Morgan fingerprint density at radius 2 is 2.11 bits per heavy atom. The Kier molecular flexibility index (Phi) is 5.78. The van der Waals surface area contributed by atoms with Crippen molar-refractivity contribution in [1.82, 2.24) is 9.88 Å². The predicted octanol–water partition coefficient (Wildman–Crippen LogP) is 0.790. The molecule has 0 radical (unpaired) electrons. The lowest BCUT2D eigenvalue weighted by Crippen LogP contribution is -2.37. The van der Waals surface area contributed by atoms with Gasteiger partial charge in [-0.25, -0.2) is 0 Å². The Hall–Kier alpha value is -2.11. The SMILES string of the molecule is CCCN(CC(=O)OCC)C(=O)c1cc[nH]c(=O)c1.